The fourth-order valence-electron chi connectivity index (χ4n) is 4.50. The lowest BCUT2D eigenvalue weighted by atomic mass is 9.84. The zero-order valence-corrected chi connectivity index (χ0v) is 26.0. The molecule has 0 heterocycles. The van der Waals surface area contributed by atoms with Gasteiger partial charge in [0.25, 0.3) is 0 Å². The molecule has 0 atom stereocenters. The minimum atomic E-state index is -1.76. The Bertz CT molecular complexity index is 1040. The number of rotatable bonds is 14. The number of carbonyl (C=O) groups is 1. The van der Waals surface area contributed by atoms with Crippen molar-refractivity contribution in [3.8, 4) is 0 Å². The lowest BCUT2D eigenvalue weighted by molar-refractivity contribution is 0.143. The third-order valence-electron chi connectivity index (χ3n) is 7.79. The molecule has 0 fully saturated rings. The number of hydrogen-bond acceptors (Lipinski definition) is 3. The molecule has 0 aliphatic rings. The molecular formula is C33H45NO3SSi. The Labute approximate surface area is 240 Å². The van der Waals surface area contributed by atoms with Crippen LogP contribution >= 0.6 is 11.8 Å². The molecule has 3 aromatic carbocycles. The second-order valence-electron chi connectivity index (χ2n) is 11.6. The summed E-state index contributed by atoms with van der Waals surface area (Å²) in [5.41, 5.74) is 3.68. The van der Waals surface area contributed by atoms with Crippen molar-refractivity contribution >= 4 is 26.2 Å². The van der Waals surface area contributed by atoms with Gasteiger partial charge in [0, 0.05) is 19.7 Å². The molecule has 4 nitrogen and oxygen atoms in total. The standard InChI is InChI=1S/C33H45NO3SSi/c1-32(2,3)39(4,5)37-26-16-15-24-34(31(35)36)25-17-27-38-33(28-18-9-6-10-19-28,29-20-11-7-12-21-29)30-22-13-8-14-23-30/h6-14,18-23H,15-17,24-27H2,1-5H3,(H,35,36). The maximum atomic E-state index is 12.0. The third-order valence-corrected chi connectivity index (χ3v) is 14.0. The van der Waals surface area contributed by atoms with Crippen LogP contribution in [-0.2, 0) is 9.17 Å². The topological polar surface area (TPSA) is 49.8 Å². The van der Waals surface area contributed by atoms with Gasteiger partial charge >= 0.3 is 6.09 Å². The molecule has 3 rings (SSSR count). The van der Waals surface area contributed by atoms with Gasteiger partial charge in [-0.3, -0.25) is 0 Å². The van der Waals surface area contributed by atoms with E-state index < -0.39 is 14.4 Å². The number of nitrogens with zero attached hydrogens (tertiary/aromatic N) is 1. The molecule has 0 unspecified atom stereocenters. The molecule has 0 spiro atoms. The number of benzene rings is 3. The van der Waals surface area contributed by atoms with E-state index in [0.29, 0.717) is 19.7 Å². The Morgan fingerprint density at radius 3 is 1.62 bits per heavy atom. The number of carboxylic acid groups (broad SMARTS) is 1. The molecule has 1 amide bonds. The summed E-state index contributed by atoms with van der Waals surface area (Å²) in [6.45, 7) is 13.0. The van der Waals surface area contributed by atoms with E-state index in [9.17, 15) is 9.90 Å². The normalized spacial score (nSPS) is 12.3. The number of hydrogen-bond donors (Lipinski definition) is 1. The molecule has 0 saturated heterocycles. The molecule has 0 aromatic heterocycles. The number of unbranched alkanes of at least 4 members (excludes halogenated alkanes) is 1. The Kier molecular flexibility index (Phi) is 11.3. The van der Waals surface area contributed by atoms with Crippen LogP contribution in [0.3, 0.4) is 0 Å². The summed E-state index contributed by atoms with van der Waals surface area (Å²) in [6.07, 6.45) is 1.64. The largest absolute Gasteiger partial charge is 0.465 e. The zero-order chi connectivity index (χ0) is 28.4. The summed E-state index contributed by atoms with van der Waals surface area (Å²) >= 11 is 1.88. The van der Waals surface area contributed by atoms with Crippen molar-refractivity contribution in [2.24, 2.45) is 0 Å². The highest BCUT2D eigenvalue weighted by atomic mass is 32.2. The van der Waals surface area contributed by atoms with Gasteiger partial charge in [-0.15, -0.1) is 11.8 Å². The van der Waals surface area contributed by atoms with E-state index in [1.807, 2.05) is 11.8 Å². The molecule has 1 N–H and O–H groups in total. The first kappa shape index (κ1) is 31.0. The van der Waals surface area contributed by atoms with Crippen LogP contribution in [0.25, 0.3) is 0 Å². The summed E-state index contributed by atoms with van der Waals surface area (Å²) in [5.74, 6) is 0.830. The molecule has 0 aliphatic carbocycles. The van der Waals surface area contributed by atoms with Crippen molar-refractivity contribution in [1.29, 1.82) is 0 Å². The van der Waals surface area contributed by atoms with Crippen LogP contribution in [0.1, 0.15) is 56.7 Å². The predicted molar refractivity (Wildman–Crippen MR) is 168 cm³/mol. The quantitative estimate of drug-likeness (QED) is 0.121. The van der Waals surface area contributed by atoms with Gasteiger partial charge in [0.1, 0.15) is 0 Å². The third kappa shape index (κ3) is 8.23. The average molecular weight is 564 g/mol. The first-order valence-corrected chi connectivity index (χ1v) is 17.9. The van der Waals surface area contributed by atoms with E-state index >= 15 is 0 Å². The summed E-state index contributed by atoms with van der Waals surface area (Å²) in [5, 5.41) is 10.0. The van der Waals surface area contributed by atoms with Crippen LogP contribution in [0.4, 0.5) is 4.79 Å². The second kappa shape index (κ2) is 14.2. The molecule has 0 aliphatic heterocycles. The van der Waals surface area contributed by atoms with Crippen molar-refractivity contribution in [2.75, 3.05) is 25.4 Å². The predicted octanol–water partition coefficient (Wildman–Crippen LogP) is 8.88. The summed E-state index contributed by atoms with van der Waals surface area (Å²) < 4.78 is 5.89. The van der Waals surface area contributed by atoms with Crippen molar-refractivity contribution in [3.05, 3.63) is 108 Å². The molecule has 0 radical (unpaired) electrons. The molecular weight excluding hydrogens is 519 g/mol. The van der Waals surface area contributed by atoms with Gasteiger partial charge in [-0.25, -0.2) is 4.79 Å². The maximum Gasteiger partial charge on any atom is 0.407 e. The zero-order valence-electron chi connectivity index (χ0n) is 24.2. The van der Waals surface area contributed by atoms with E-state index in [4.69, 9.17) is 4.43 Å². The fraction of sp³-hybridized carbons (Fsp3) is 0.424. The van der Waals surface area contributed by atoms with E-state index in [1.165, 1.54) is 16.7 Å². The van der Waals surface area contributed by atoms with Crippen LogP contribution < -0.4 is 0 Å². The molecule has 0 saturated carbocycles. The van der Waals surface area contributed by atoms with Gasteiger partial charge in [0.15, 0.2) is 8.32 Å². The smallest absolute Gasteiger partial charge is 0.407 e. The Morgan fingerprint density at radius 1 is 0.769 bits per heavy atom. The SMILES string of the molecule is CC(C)(C)[Si](C)(C)OCCCCN(CCCSC(c1ccccc1)(c1ccccc1)c1ccccc1)C(=O)O. The van der Waals surface area contributed by atoms with Gasteiger partial charge in [-0.1, -0.05) is 112 Å². The lowest BCUT2D eigenvalue weighted by Crippen LogP contribution is -2.41. The van der Waals surface area contributed by atoms with Gasteiger partial charge in [0.05, 0.1) is 4.75 Å². The second-order valence-corrected chi connectivity index (χ2v) is 17.7. The molecule has 0 bridgehead atoms. The van der Waals surface area contributed by atoms with Crippen LogP contribution in [0.5, 0.6) is 0 Å². The van der Waals surface area contributed by atoms with Crippen LogP contribution in [0, 0.1) is 0 Å². The van der Waals surface area contributed by atoms with Crippen LogP contribution in [-0.4, -0.2) is 49.9 Å². The maximum absolute atomic E-state index is 12.0. The fourth-order valence-corrected chi connectivity index (χ4v) is 7.08. The lowest BCUT2D eigenvalue weighted by Gasteiger charge is -2.36. The van der Waals surface area contributed by atoms with Crippen molar-refractivity contribution in [3.63, 3.8) is 0 Å². The molecule has 39 heavy (non-hydrogen) atoms. The van der Waals surface area contributed by atoms with Crippen molar-refractivity contribution in [2.45, 2.75) is 62.9 Å². The molecule has 6 heteroatoms. The summed E-state index contributed by atoms with van der Waals surface area (Å²) in [7, 11) is -1.76. The van der Waals surface area contributed by atoms with E-state index in [1.54, 1.807) is 4.90 Å². The minimum Gasteiger partial charge on any atom is -0.465 e. The Balaban J connectivity index is 1.66. The summed E-state index contributed by atoms with van der Waals surface area (Å²) in [6, 6.07) is 31.9. The summed E-state index contributed by atoms with van der Waals surface area (Å²) in [4.78, 5) is 13.6. The number of thioether (sulfide) groups is 1. The highest BCUT2D eigenvalue weighted by Gasteiger charge is 2.37. The van der Waals surface area contributed by atoms with Crippen LogP contribution in [0.15, 0.2) is 91.0 Å². The van der Waals surface area contributed by atoms with E-state index in [-0.39, 0.29) is 9.79 Å². The van der Waals surface area contributed by atoms with Gasteiger partial charge in [-0.05, 0) is 59.8 Å². The highest BCUT2D eigenvalue weighted by molar-refractivity contribution is 8.00. The average Bonchev–Trinajstić information content (AvgIpc) is 2.92. The van der Waals surface area contributed by atoms with Crippen molar-refractivity contribution in [1.82, 2.24) is 4.90 Å². The van der Waals surface area contributed by atoms with Gasteiger partial charge in [-0.2, -0.15) is 0 Å². The molecule has 210 valence electrons. The minimum absolute atomic E-state index is 0.187. The van der Waals surface area contributed by atoms with Crippen LogP contribution in [0.2, 0.25) is 18.1 Å². The first-order chi connectivity index (χ1) is 18.6. The first-order valence-electron chi connectivity index (χ1n) is 14.0. The highest BCUT2D eigenvalue weighted by Crippen LogP contribution is 2.48. The van der Waals surface area contributed by atoms with Crippen molar-refractivity contribution < 1.29 is 14.3 Å². The Morgan fingerprint density at radius 2 is 1.21 bits per heavy atom. The number of amides is 1. The molecule has 3 aromatic rings. The van der Waals surface area contributed by atoms with Gasteiger partial charge < -0.3 is 14.4 Å². The monoisotopic (exact) mass is 563 g/mol. The van der Waals surface area contributed by atoms with E-state index in [0.717, 1.165) is 25.0 Å². The van der Waals surface area contributed by atoms with E-state index in [2.05, 4.69) is 125 Å². The van der Waals surface area contributed by atoms with Gasteiger partial charge in [0.2, 0.25) is 0 Å². The Hall–Kier alpha value is -2.54.